The first-order valence-corrected chi connectivity index (χ1v) is 8.73. The number of benzene rings is 1. The normalized spacial score (nSPS) is 17.0. The lowest BCUT2D eigenvalue weighted by Gasteiger charge is -2.26. The topological polar surface area (TPSA) is 75.4 Å². The van der Waals surface area contributed by atoms with Gasteiger partial charge < -0.3 is 10.6 Å². The van der Waals surface area contributed by atoms with Gasteiger partial charge in [-0.3, -0.25) is 0 Å². The largest absolute Gasteiger partial charge is 0.396 e. The second-order valence-corrected chi connectivity index (χ2v) is 7.28. The van der Waals surface area contributed by atoms with Gasteiger partial charge in [0.2, 0.25) is 10.0 Å². The van der Waals surface area contributed by atoms with Crippen LogP contribution in [0.3, 0.4) is 0 Å². The SMILES string of the molecule is Nc1cc(Cl)cc(S(=O)(=O)NCCN2CCCCC2)c1F. The van der Waals surface area contributed by atoms with Gasteiger partial charge in [0.05, 0.1) is 5.69 Å². The maximum Gasteiger partial charge on any atom is 0.243 e. The Labute approximate surface area is 129 Å². The summed E-state index contributed by atoms with van der Waals surface area (Å²) in [6.07, 6.45) is 3.48. The zero-order valence-electron chi connectivity index (χ0n) is 11.6. The summed E-state index contributed by atoms with van der Waals surface area (Å²) in [4.78, 5) is 1.68. The Hall–Kier alpha value is -0.890. The number of hydrogen-bond donors (Lipinski definition) is 2. The van der Waals surface area contributed by atoms with E-state index < -0.39 is 20.7 Å². The third-order valence-electron chi connectivity index (χ3n) is 3.49. The quantitative estimate of drug-likeness (QED) is 0.805. The number of nitrogens with one attached hydrogen (secondary N) is 1. The molecule has 5 nitrogen and oxygen atoms in total. The highest BCUT2D eigenvalue weighted by atomic mass is 35.5. The fourth-order valence-electron chi connectivity index (χ4n) is 2.38. The molecule has 1 fully saturated rings. The van der Waals surface area contributed by atoms with Crippen LogP contribution in [0.4, 0.5) is 10.1 Å². The second kappa shape index (κ2) is 6.91. The van der Waals surface area contributed by atoms with E-state index in [1.165, 1.54) is 12.5 Å². The number of anilines is 1. The minimum atomic E-state index is -3.95. The molecule has 1 heterocycles. The lowest BCUT2D eigenvalue weighted by Crippen LogP contribution is -2.37. The van der Waals surface area contributed by atoms with Gasteiger partial charge in [-0.15, -0.1) is 0 Å². The molecular formula is C13H19ClFN3O2S. The fourth-order valence-corrected chi connectivity index (χ4v) is 3.82. The summed E-state index contributed by atoms with van der Waals surface area (Å²) in [5, 5.41) is 0.0882. The number of sulfonamides is 1. The summed E-state index contributed by atoms with van der Waals surface area (Å²) >= 11 is 5.74. The summed E-state index contributed by atoms with van der Waals surface area (Å²) in [6.45, 7) is 2.78. The van der Waals surface area contributed by atoms with Gasteiger partial charge in [-0.05, 0) is 38.1 Å². The Morgan fingerprint density at radius 2 is 1.95 bits per heavy atom. The maximum atomic E-state index is 13.8. The van der Waals surface area contributed by atoms with Crippen molar-refractivity contribution in [3.63, 3.8) is 0 Å². The van der Waals surface area contributed by atoms with Crippen LogP contribution in [0.5, 0.6) is 0 Å². The van der Waals surface area contributed by atoms with Gasteiger partial charge in [0.1, 0.15) is 4.90 Å². The molecule has 1 aliphatic heterocycles. The number of nitrogen functional groups attached to an aromatic ring is 1. The Bertz CT molecular complexity index is 604. The highest BCUT2D eigenvalue weighted by Crippen LogP contribution is 2.25. The van der Waals surface area contributed by atoms with Gasteiger partial charge >= 0.3 is 0 Å². The monoisotopic (exact) mass is 335 g/mol. The standard InChI is InChI=1S/C13H19ClFN3O2S/c14-10-8-11(16)13(15)12(9-10)21(19,20)17-4-7-18-5-2-1-3-6-18/h8-9,17H,1-7,16H2. The van der Waals surface area contributed by atoms with Gasteiger partial charge in [0, 0.05) is 18.1 Å². The van der Waals surface area contributed by atoms with Gasteiger partial charge in [-0.25, -0.2) is 17.5 Å². The Morgan fingerprint density at radius 1 is 1.29 bits per heavy atom. The molecule has 21 heavy (non-hydrogen) atoms. The Kier molecular flexibility index (Phi) is 5.43. The van der Waals surface area contributed by atoms with Crippen LogP contribution in [0.25, 0.3) is 0 Å². The van der Waals surface area contributed by atoms with Crippen LogP contribution in [-0.2, 0) is 10.0 Å². The molecule has 0 atom stereocenters. The smallest absolute Gasteiger partial charge is 0.243 e. The molecule has 8 heteroatoms. The van der Waals surface area contributed by atoms with Crippen molar-refractivity contribution < 1.29 is 12.8 Å². The lowest BCUT2D eigenvalue weighted by atomic mass is 10.1. The Balaban J connectivity index is 2.01. The zero-order valence-corrected chi connectivity index (χ0v) is 13.2. The average Bonchev–Trinajstić information content (AvgIpc) is 2.43. The molecular weight excluding hydrogens is 317 g/mol. The summed E-state index contributed by atoms with van der Waals surface area (Å²) in [5.74, 6) is -0.968. The van der Waals surface area contributed by atoms with Crippen molar-refractivity contribution in [2.45, 2.75) is 24.2 Å². The summed E-state index contributed by atoms with van der Waals surface area (Å²) in [6, 6.07) is 2.25. The molecule has 0 unspecified atom stereocenters. The van der Waals surface area contributed by atoms with Crippen LogP contribution in [0.1, 0.15) is 19.3 Å². The number of halogens is 2. The van der Waals surface area contributed by atoms with Crippen molar-refractivity contribution in [3.8, 4) is 0 Å². The molecule has 0 aliphatic carbocycles. The molecule has 1 aliphatic rings. The van der Waals surface area contributed by atoms with Crippen molar-refractivity contribution in [3.05, 3.63) is 23.0 Å². The molecule has 2 rings (SSSR count). The van der Waals surface area contributed by atoms with E-state index in [4.69, 9.17) is 17.3 Å². The van der Waals surface area contributed by atoms with Gasteiger partial charge in [-0.1, -0.05) is 18.0 Å². The molecule has 1 aromatic carbocycles. The fraction of sp³-hybridized carbons (Fsp3) is 0.538. The molecule has 0 spiro atoms. The minimum Gasteiger partial charge on any atom is -0.396 e. The van der Waals surface area contributed by atoms with Crippen molar-refractivity contribution in [1.82, 2.24) is 9.62 Å². The van der Waals surface area contributed by atoms with E-state index in [-0.39, 0.29) is 17.3 Å². The van der Waals surface area contributed by atoms with E-state index >= 15 is 0 Å². The van der Waals surface area contributed by atoms with Gasteiger partial charge in [-0.2, -0.15) is 0 Å². The third-order valence-corrected chi connectivity index (χ3v) is 5.17. The molecule has 0 radical (unpaired) electrons. The van der Waals surface area contributed by atoms with E-state index in [0.29, 0.717) is 6.54 Å². The van der Waals surface area contributed by atoms with Gasteiger partial charge in [0.25, 0.3) is 0 Å². The first-order valence-electron chi connectivity index (χ1n) is 6.87. The third kappa shape index (κ3) is 4.29. The van der Waals surface area contributed by atoms with E-state index in [0.717, 1.165) is 32.0 Å². The first-order chi connectivity index (χ1) is 9.90. The molecule has 0 saturated carbocycles. The number of nitrogens with zero attached hydrogens (tertiary/aromatic N) is 1. The van der Waals surface area contributed by atoms with Crippen LogP contribution >= 0.6 is 11.6 Å². The number of likely N-dealkylation sites (tertiary alicyclic amines) is 1. The summed E-state index contributed by atoms with van der Waals surface area (Å²) in [5.41, 5.74) is 5.13. The van der Waals surface area contributed by atoms with Crippen LogP contribution in [-0.4, -0.2) is 39.5 Å². The van der Waals surface area contributed by atoms with E-state index in [2.05, 4.69) is 9.62 Å². The molecule has 0 amide bonds. The molecule has 118 valence electrons. The van der Waals surface area contributed by atoms with E-state index in [1.54, 1.807) is 0 Å². The van der Waals surface area contributed by atoms with Gasteiger partial charge in [0.15, 0.2) is 5.82 Å². The van der Waals surface area contributed by atoms with Crippen molar-refractivity contribution in [1.29, 1.82) is 0 Å². The predicted octanol–water partition coefficient (Wildman–Crippen LogP) is 1.83. The number of hydrogen-bond acceptors (Lipinski definition) is 4. The summed E-state index contributed by atoms with van der Waals surface area (Å²) in [7, 11) is -3.95. The molecule has 1 aromatic rings. The van der Waals surface area contributed by atoms with Crippen molar-refractivity contribution in [2.75, 3.05) is 31.9 Å². The minimum absolute atomic E-state index is 0.0882. The molecule has 0 bridgehead atoms. The van der Waals surface area contributed by atoms with Crippen LogP contribution in [0.15, 0.2) is 17.0 Å². The molecule has 3 N–H and O–H groups in total. The number of nitrogens with two attached hydrogens (primary N) is 1. The van der Waals surface area contributed by atoms with Crippen LogP contribution in [0.2, 0.25) is 5.02 Å². The zero-order chi connectivity index (χ0) is 15.5. The molecule has 1 saturated heterocycles. The predicted molar refractivity (Wildman–Crippen MR) is 81.3 cm³/mol. The second-order valence-electron chi connectivity index (χ2n) is 5.11. The van der Waals surface area contributed by atoms with E-state index in [9.17, 15) is 12.8 Å². The Morgan fingerprint density at radius 3 is 2.62 bits per heavy atom. The average molecular weight is 336 g/mol. The van der Waals surface area contributed by atoms with Crippen LogP contribution < -0.4 is 10.5 Å². The van der Waals surface area contributed by atoms with Crippen molar-refractivity contribution in [2.24, 2.45) is 0 Å². The van der Waals surface area contributed by atoms with E-state index in [1.807, 2.05) is 0 Å². The lowest BCUT2D eigenvalue weighted by molar-refractivity contribution is 0.232. The summed E-state index contributed by atoms with van der Waals surface area (Å²) < 4.78 is 40.5. The van der Waals surface area contributed by atoms with Crippen molar-refractivity contribution >= 4 is 27.3 Å². The maximum absolute atomic E-state index is 13.8. The highest BCUT2D eigenvalue weighted by Gasteiger charge is 2.22. The van der Waals surface area contributed by atoms with Crippen LogP contribution in [0, 0.1) is 5.82 Å². The first kappa shape index (κ1) is 16.5. The highest BCUT2D eigenvalue weighted by molar-refractivity contribution is 7.89. The number of rotatable bonds is 5. The molecule has 0 aromatic heterocycles. The number of piperidine rings is 1.